The van der Waals surface area contributed by atoms with E-state index < -0.39 is 0 Å². The molecule has 0 amide bonds. The van der Waals surface area contributed by atoms with E-state index in [4.69, 9.17) is 0 Å². The molecule has 0 unspecified atom stereocenters. The number of benzene rings is 9. The van der Waals surface area contributed by atoms with Gasteiger partial charge in [-0.05, 0) is 234 Å². The summed E-state index contributed by atoms with van der Waals surface area (Å²) in [5, 5.41) is 5.46. The Hall–Kier alpha value is -6.98. The maximum Gasteiger partial charge on any atom is 0.0540 e. The largest absolute Gasteiger partial charge is 0.310 e. The Labute approximate surface area is 505 Å². The fraction of sp³-hybridized carbons (Fsp3) is 0.375. The van der Waals surface area contributed by atoms with Crippen LogP contribution in [0.5, 0.6) is 0 Å². The second kappa shape index (κ2) is 24.2. The lowest BCUT2D eigenvalue weighted by Crippen LogP contribution is -2.42. The Morgan fingerprint density at radius 2 is 0.655 bits per heavy atom. The topological polar surface area (TPSA) is 13.0 Å². The molecule has 2 heterocycles. The number of anilines is 6. The lowest BCUT2D eigenvalue weighted by atomic mass is 9.85. The van der Waals surface area contributed by atoms with E-state index in [1.54, 1.807) is 0 Å². The fourth-order valence-corrected chi connectivity index (χ4v) is 14.8. The number of hydrogen-bond acceptors (Lipinski definition) is 4. The molecule has 2 aliphatic heterocycles. The zero-order valence-corrected chi connectivity index (χ0v) is 53.0. The van der Waals surface area contributed by atoms with Crippen LogP contribution in [0.2, 0.25) is 0 Å². The van der Waals surface area contributed by atoms with E-state index in [2.05, 4.69) is 285 Å². The van der Waals surface area contributed by atoms with Gasteiger partial charge < -0.3 is 9.80 Å². The van der Waals surface area contributed by atoms with Crippen molar-refractivity contribution in [2.45, 2.75) is 181 Å². The molecule has 0 saturated carbocycles. The van der Waals surface area contributed by atoms with E-state index in [1.165, 1.54) is 177 Å². The van der Waals surface area contributed by atoms with Crippen LogP contribution in [-0.4, -0.2) is 23.9 Å². The van der Waals surface area contributed by atoms with Gasteiger partial charge in [-0.3, -0.25) is 9.80 Å². The third-order valence-electron chi connectivity index (χ3n) is 20.4. The molecule has 0 atom stereocenters. The van der Waals surface area contributed by atoms with Crippen LogP contribution in [0.4, 0.5) is 34.1 Å². The number of nitrogens with zero attached hydrogens (tertiary/aromatic N) is 4. The fourth-order valence-electron chi connectivity index (χ4n) is 14.8. The van der Waals surface area contributed by atoms with Gasteiger partial charge in [0.1, 0.15) is 0 Å². The zero-order valence-electron chi connectivity index (χ0n) is 53.0. The Kier molecular flexibility index (Phi) is 16.9. The van der Waals surface area contributed by atoms with E-state index >= 15 is 0 Å². The van der Waals surface area contributed by atoms with Crippen molar-refractivity contribution in [2.75, 3.05) is 23.9 Å². The smallest absolute Gasteiger partial charge is 0.0540 e. The highest BCUT2D eigenvalue weighted by molar-refractivity contribution is 6.13. The van der Waals surface area contributed by atoms with Crippen molar-refractivity contribution in [3.63, 3.8) is 0 Å². The molecule has 4 heteroatoms. The third-order valence-corrected chi connectivity index (χ3v) is 20.4. The summed E-state index contributed by atoms with van der Waals surface area (Å²) in [6, 6.07) is 69.9. The molecule has 11 rings (SSSR count). The number of aryl methyl sites for hydroxylation is 2. The Morgan fingerprint density at radius 3 is 1.05 bits per heavy atom. The van der Waals surface area contributed by atoms with E-state index in [0.717, 1.165) is 24.2 Å². The molecule has 9 aromatic rings. The lowest BCUT2D eigenvalue weighted by Gasteiger charge is -2.37. The van der Waals surface area contributed by atoms with Crippen molar-refractivity contribution in [3.8, 4) is 22.3 Å². The minimum atomic E-state index is -0.107. The van der Waals surface area contributed by atoms with Crippen LogP contribution in [0.15, 0.2) is 182 Å². The van der Waals surface area contributed by atoms with E-state index in [9.17, 15) is 0 Å². The van der Waals surface area contributed by atoms with Crippen LogP contribution in [0, 0.1) is 0 Å². The van der Waals surface area contributed by atoms with Gasteiger partial charge in [-0.25, -0.2) is 0 Å². The van der Waals surface area contributed by atoms with E-state index in [-0.39, 0.29) is 22.2 Å². The zero-order chi connectivity index (χ0) is 59.0. The van der Waals surface area contributed by atoms with E-state index in [1.807, 2.05) is 0 Å². The highest BCUT2D eigenvalue weighted by Gasteiger charge is 2.48. The molecule has 0 spiro atoms. The molecule has 9 aromatic carbocycles. The number of fused-ring (bicyclic) bond motifs is 5. The van der Waals surface area contributed by atoms with Crippen molar-refractivity contribution in [2.24, 2.45) is 0 Å². The molecule has 0 saturated heterocycles. The Balaban J connectivity index is 1.11. The van der Waals surface area contributed by atoms with Crippen LogP contribution < -0.4 is 9.80 Å². The third kappa shape index (κ3) is 10.8. The summed E-state index contributed by atoms with van der Waals surface area (Å²) < 4.78 is 0. The van der Waals surface area contributed by atoms with Crippen LogP contribution in [0.25, 0.3) is 43.8 Å². The van der Waals surface area contributed by atoms with Gasteiger partial charge >= 0.3 is 0 Å². The first-order valence-electron chi connectivity index (χ1n) is 32.2. The summed E-state index contributed by atoms with van der Waals surface area (Å²) in [6.07, 6.45) is 17.3. The summed E-state index contributed by atoms with van der Waals surface area (Å²) in [6.45, 7) is 23.6. The monoisotopic (exact) mass is 1110 g/mol. The first kappa shape index (κ1) is 58.8. The summed E-state index contributed by atoms with van der Waals surface area (Å²) in [4.78, 5) is 10.1. The van der Waals surface area contributed by atoms with Gasteiger partial charge in [0.2, 0.25) is 0 Å². The summed E-state index contributed by atoms with van der Waals surface area (Å²) in [5.41, 5.74) is 20.4. The molecule has 434 valence electrons. The average molecular weight is 1110 g/mol. The van der Waals surface area contributed by atoms with Crippen LogP contribution >= 0.6 is 0 Å². The molecule has 0 fully saturated rings. The van der Waals surface area contributed by atoms with Crippen LogP contribution in [0.3, 0.4) is 0 Å². The first-order valence-corrected chi connectivity index (χ1v) is 32.2. The Bertz CT molecular complexity index is 3520. The van der Waals surface area contributed by atoms with Crippen LogP contribution in [-0.2, 0) is 35.0 Å². The van der Waals surface area contributed by atoms with Crippen LogP contribution in [0.1, 0.15) is 180 Å². The summed E-state index contributed by atoms with van der Waals surface area (Å²) in [5.74, 6) is 0. The predicted octanol–water partition coefficient (Wildman–Crippen LogP) is 22.9. The van der Waals surface area contributed by atoms with Gasteiger partial charge in [-0.1, -0.05) is 187 Å². The highest BCUT2D eigenvalue weighted by atomic mass is 15.3. The van der Waals surface area contributed by atoms with Crippen molar-refractivity contribution >= 4 is 55.7 Å². The number of para-hydroxylation sites is 4. The Morgan fingerprint density at radius 1 is 0.310 bits per heavy atom. The summed E-state index contributed by atoms with van der Waals surface area (Å²) >= 11 is 0. The number of unbranched alkanes of at least 4 members (excludes halogenated alkanes) is 10. The molecule has 0 aliphatic carbocycles. The second-order valence-corrected chi connectivity index (χ2v) is 26.7. The standard InChI is InChI=1S/C80H94N4/c1-13-15-17-19-21-29-41-65-66(42-30-22-20-18-16-14-2)70-56-62(84(60-37-27-24-28-38-60)76-44-34-32-40-64(76)58-46-52-72-74(54-58)80(9,10)82(12)78(72,5)6)48-50-68(70)67-49-47-61(55-69(65)67)83(59-35-25-23-26-36-59)75-43-33-31-39-63(75)57-45-51-71-73(53-57)79(7,8)81(11)77(71,3)4/h23-28,31-40,43-56H,13-22,29-30,41-42H2,1-12H3. The van der Waals surface area contributed by atoms with Gasteiger partial charge in [0.15, 0.2) is 0 Å². The minimum Gasteiger partial charge on any atom is -0.310 e. The molecule has 0 aromatic heterocycles. The molecule has 0 radical (unpaired) electrons. The SMILES string of the molecule is CCCCCCCCc1c(CCCCCCCC)c2cc(N(c3ccccc3)c3ccccc3-c3ccc4c(c3)C(C)(C)N(C)C4(C)C)ccc2c2ccc(N(c3ccccc3)c3ccccc3-c3ccc4c(c3)C(C)(C)N(C)C4(C)C)cc12. The molecule has 0 bridgehead atoms. The van der Waals surface area contributed by atoms with Crippen molar-refractivity contribution in [1.82, 2.24) is 9.80 Å². The quantitative estimate of drug-likeness (QED) is 0.0495. The highest BCUT2D eigenvalue weighted by Crippen LogP contribution is 2.53. The van der Waals surface area contributed by atoms with Gasteiger partial charge in [0.05, 0.1) is 11.4 Å². The predicted molar refractivity (Wildman–Crippen MR) is 363 cm³/mol. The van der Waals surface area contributed by atoms with Crippen molar-refractivity contribution in [1.29, 1.82) is 0 Å². The first-order chi connectivity index (χ1) is 40.5. The van der Waals surface area contributed by atoms with Gasteiger partial charge in [-0.15, -0.1) is 0 Å². The molecular weight excluding hydrogens is 1020 g/mol. The molecule has 0 N–H and O–H groups in total. The normalized spacial score (nSPS) is 15.9. The maximum atomic E-state index is 2.58. The second-order valence-electron chi connectivity index (χ2n) is 26.7. The lowest BCUT2D eigenvalue weighted by molar-refractivity contribution is 0.0729. The molecule has 4 nitrogen and oxygen atoms in total. The minimum absolute atomic E-state index is 0.0618. The van der Waals surface area contributed by atoms with Gasteiger partial charge in [0, 0.05) is 56.0 Å². The van der Waals surface area contributed by atoms with Gasteiger partial charge in [0.25, 0.3) is 0 Å². The number of rotatable bonds is 22. The maximum absolute atomic E-state index is 2.58. The average Bonchev–Trinajstić information content (AvgIpc) is 1.99. The van der Waals surface area contributed by atoms with Crippen molar-refractivity contribution < 1.29 is 0 Å². The van der Waals surface area contributed by atoms with E-state index in [0.29, 0.717) is 0 Å². The van der Waals surface area contributed by atoms with Gasteiger partial charge in [-0.2, -0.15) is 0 Å². The molecule has 2 aliphatic rings. The number of hydrogen-bond donors (Lipinski definition) is 0. The van der Waals surface area contributed by atoms with Crippen molar-refractivity contribution in [3.05, 3.63) is 215 Å². The molecule has 84 heavy (non-hydrogen) atoms. The summed E-state index contributed by atoms with van der Waals surface area (Å²) in [7, 11) is 4.56. The molecular formula is C80H94N4.